The molecule has 1 aliphatic heterocycles. The van der Waals surface area contributed by atoms with Crippen molar-refractivity contribution in [3.63, 3.8) is 0 Å². The molecular weight excluding hydrogens is 328 g/mol. The Hall–Kier alpha value is -2.79. The van der Waals surface area contributed by atoms with Crippen molar-refractivity contribution in [3.8, 4) is 5.75 Å². The Labute approximate surface area is 152 Å². The molecule has 0 saturated carbocycles. The van der Waals surface area contributed by atoms with Crippen LogP contribution in [-0.4, -0.2) is 31.0 Å². The Bertz CT molecular complexity index is 912. The van der Waals surface area contributed by atoms with E-state index in [1.54, 1.807) is 7.11 Å². The number of rotatable bonds is 5. The number of para-hydroxylation sites is 1. The predicted octanol–water partition coefficient (Wildman–Crippen LogP) is 4.29. The summed E-state index contributed by atoms with van der Waals surface area (Å²) in [7, 11) is 1.61. The van der Waals surface area contributed by atoms with Gasteiger partial charge in [-0.15, -0.1) is 0 Å². The van der Waals surface area contributed by atoms with Crippen LogP contribution >= 0.6 is 0 Å². The Kier molecular flexibility index (Phi) is 4.63. The van der Waals surface area contributed by atoms with E-state index in [9.17, 15) is 4.79 Å². The maximum atomic E-state index is 12.6. The minimum absolute atomic E-state index is 0.262. The average molecular weight is 350 g/mol. The van der Waals surface area contributed by atoms with Crippen LogP contribution in [0.3, 0.4) is 0 Å². The lowest BCUT2D eigenvalue weighted by atomic mass is 10.1. The number of likely N-dealkylation sites (tertiary alicyclic amines) is 1. The number of fused-ring (bicyclic) bond motifs is 1. The second-order valence-electron chi connectivity index (χ2n) is 6.58. The lowest BCUT2D eigenvalue weighted by Gasteiger charge is -2.15. The van der Waals surface area contributed by atoms with E-state index in [2.05, 4.69) is 16.3 Å². The molecule has 0 unspecified atom stereocenters. The summed E-state index contributed by atoms with van der Waals surface area (Å²) >= 11 is 0. The first kappa shape index (κ1) is 16.7. The van der Waals surface area contributed by atoms with Crippen LogP contribution < -0.4 is 10.1 Å². The number of carbonyl (C=O) groups excluding carboxylic acids is 1. The number of ether oxygens (including phenoxy) is 1. The Morgan fingerprint density at radius 2 is 1.92 bits per heavy atom. The van der Waals surface area contributed by atoms with E-state index in [-0.39, 0.29) is 11.7 Å². The molecule has 1 fully saturated rings. The van der Waals surface area contributed by atoms with Gasteiger partial charge in [-0.2, -0.15) is 0 Å². The van der Waals surface area contributed by atoms with Crippen LogP contribution in [0.2, 0.25) is 0 Å². The number of nitrogens with zero attached hydrogens (tertiary/aromatic N) is 1. The van der Waals surface area contributed by atoms with E-state index < -0.39 is 0 Å². The van der Waals surface area contributed by atoms with Crippen LogP contribution in [-0.2, 0) is 6.54 Å². The van der Waals surface area contributed by atoms with Crippen molar-refractivity contribution in [1.29, 1.82) is 0 Å². The highest BCUT2D eigenvalue weighted by atomic mass is 16.5. The molecule has 0 bridgehead atoms. The van der Waals surface area contributed by atoms with Gasteiger partial charge in [0.05, 0.1) is 7.11 Å². The summed E-state index contributed by atoms with van der Waals surface area (Å²) in [4.78, 5) is 15.0. The van der Waals surface area contributed by atoms with Crippen LogP contribution in [0.4, 0.5) is 5.69 Å². The molecule has 2 heterocycles. The lowest BCUT2D eigenvalue weighted by Crippen LogP contribution is -2.18. The fourth-order valence-electron chi connectivity index (χ4n) is 3.46. The topological polar surface area (TPSA) is 54.7 Å². The number of nitrogens with one attached hydrogen (secondary N) is 1. The predicted molar refractivity (Wildman–Crippen MR) is 102 cm³/mol. The number of anilines is 1. The van der Waals surface area contributed by atoms with Crippen LogP contribution in [0, 0.1) is 0 Å². The van der Waals surface area contributed by atoms with Gasteiger partial charge in [0, 0.05) is 17.6 Å². The van der Waals surface area contributed by atoms with Crippen molar-refractivity contribution in [2.24, 2.45) is 0 Å². The maximum Gasteiger partial charge on any atom is 0.291 e. The number of carbonyl (C=O) groups is 1. The Morgan fingerprint density at radius 3 is 2.65 bits per heavy atom. The van der Waals surface area contributed by atoms with E-state index in [1.165, 1.54) is 12.8 Å². The third-order valence-electron chi connectivity index (χ3n) is 4.81. The van der Waals surface area contributed by atoms with E-state index in [0.717, 1.165) is 36.3 Å². The van der Waals surface area contributed by atoms with Gasteiger partial charge in [-0.25, -0.2) is 0 Å². The molecule has 0 atom stereocenters. The molecule has 26 heavy (non-hydrogen) atoms. The normalized spacial score (nSPS) is 14.7. The molecule has 5 nitrogen and oxygen atoms in total. The van der Waals surface area contributed by atoms with Gasteiger partial charge >= 0.3 is 0 Å². The number of methoxy groups -OCH3 is 1. The van der Waals surface area contributed by atoms with E-state index in [1.807, 2.05) is 42.5 Å². The third kappa shape index (κ3) is 3.30. The zero-order valence-corrected chi connectivity index (χ0v) is 14.8. The molecule has 1 saturated heterocycles. The van der Waals surface area contributed by atoms with Crippen molar-refractivity contribution < 1.29 is 13.9 Å². The van der Waals surface area contributed by atoms with Crippen LogP contribution in [0.1, 0.15) is 29.0 Å². The summed E-state index contributed by atoms with van der Waals surface area (Å²) < 4.78 is 11.3. The molecule has 5 heteroatoms. The van der Waals surface area contributed by atoms with E-state index in [4.69, 9.17) is 9.15 Å². The monoisotopic (exact) mass is 350 g/mol. The molecule has 2 aromatic carbocycles. The summed E-state index contributed by atoms with van der Waals surface area (Å²) in [6.07, 6.45) is 2.49. The molecule has 1 aromatic heterocycles. The molecule has 134 valence electrons. The van der Waals surface area contributed by atoms with Crippen LogP contribution in [0.15, 0.2) is 52.9 Å². The first-order chi connectivity index (χ1) is 12.7. The zero-order valence-electron chi connectivity index (χ0n) is 14.8. The summed E-state index contributed by atoms with van der Waals surface area (Å²) in [5.41, 5.74) is 2.52. The first-order valence-corrected chi connectivity index (χ1v) is 8.93. The third-order valence-corrected chi connectivity index (χ3v) is 4.81. The summed E-state index contributed by atoms with van der Waals surface area (Å²) in [5, 5.41) is 3.80. The number of benzene rings is 2. The van der Waals surface area contributed by atoms with Crippen LogP contribution in [0.5, 0.6) is 5.75 Å². The molecule has 1 N–H and O–H groups in total. The molecule has 1 aliphatic rings. The Morgan fingerprint density at radius 1 is 1.15 bits per heavy atom. The summed E-state index contributed by atoms with van der Waals surface area (Å²) in [6, 6.07) is 15.2. The molecule has 0 spiro atoms. The quantitative estimate of drug-likeness (QED) is 0.746. The van der Waals surface area contributed by atoms with Gasteiger partial charge in [0.25, 0.3) is 5.91 Å². The second kappa shape index (κ2) is 7.22. The van der Waals surface area contributed by atoms with E-state index in [0.29, 0.717) is 11.3 Å². The summed E-state index contributed by atoms with van der Waals surface area (Å²) in [5.74, 6) is 0.668. The fraction of sp³-hybridized carbons (Fsp3) is 0.286. The van der Waals surface area contributed by atoms with Crippen molar-refractivity contribution in [2.45, 2.75) is 19.4 Å². The minimum atomic E-state index is -0.262. The van der Waals surface area contributed by atoms with Crippen molar-refractivity contribution in [3.05, 3.63) is 59.9 Å². The second-order valence-corrected chi connectivity index (χ2v) is 6.58. The molecule has 0 aliphatic carbocycles. The number of hydrogen-bond acceptors (Lipinski definition) is 4. The van der Waals surface area contributed by atoms with Gasteiger partial charge in [-0.05, 0) is 55.8 Å². The van der Waals surface area contributed by atoms with Gasteiger partial charge in [0.15, 0.2) is 17.1 Å². The van der Waals surface area contributed by atoms with Crippen molar-refractivity contribution >= 4 is 22.6 Å². The number of amides is 1. The SMILES string of the molecule is COc1ccc(CN2CCCC2)c2cc(C(=O)Nc3ccccc3)oc12. The number of hydrogen-bond donors (Lipinski definition) is 1. The smallest absolute Gasteiger partial charge is 0.291 e. The standard InChI is InChI=1S/C21H22N2O3/c1-25-18-10-9-15(14-23-11-5-6-12-23)17-13-19(26-20(17)18)21(24)22-16-7-3-2-4-8-16/h2-4,7-10,13H,5-6,11-12,14H2,1H3,(H,22,24). The van der Waals surface area contributed by atoms with Gasteiger partial charge in [0.1, 0.15) is 0 Å². The maximum absolute atomic E-state index is 12.6. The zero-order chi connectivity index (χ0) is 17.9. The van der Waals surface area contributed by atoms with Gasteiger partial charge in [0.2, 0.25) is 0 Å². The van der Waals surface area contributed by atoms with E-state index >= 15 is 0 Å². The van der Waals surface area contributed by atoms with Crippen molar-refractivity contribution in [2.75, 3.05) is 25.5 Å². The summed E-state index contributed by atoms with van der Waals surface area (Å²) in [6.45, 7) is 3.10. The molecule has 1 amide bonds. The first-order valence-electron chi connectivity index (χ1n) is 8.93. The highest BCUT2D eigenvalue weighted by Gasteiger charge is 2.20. The fourth-order valence-corrected chi connectivity index (χ4v) is 3.46. The van der Waals surface area contributed by atoms with Gasteiger partial charge in [-0.1, -0.05) is 24.3 Å². The highest BCUT2D eigenvalue weighted by Crippen LogP contribution is 2.33. The largest absolute Gasteiger partial charge is 0.493 e. The molecule has 0 radical (unpaired) electrons. The minimum Gasteiger partial charge on any atom is -0.493 e. The van der Waals surface area contributed by atoms with Crippen molar-refractivity contribution in [1.82, 2.24) is 4.90 Å². The van der Waals surface area contributed by atoms with Gasteiger partial charge < -0.3 is 14.5 Å². The van der Waals surface area contributed by atoms with Crippen LogP contribution in [0.25, 0.3) is 11.0 Å². The lowest BCUT2D eigenvalue weighted by molar-refractivity contribution is 0.0998. The number of furan rings is 1. The molecule has 4 rings (SSSR count). The van der Waals surface area contributed by atoms with Gasteiger partial charge in [-0.3, -0.25) is 9.69 Å². The molecule has 3 aromatic rings. The highest BCUT2D eigenvalue weighted by molar-refractivity contribution is 6.05. The molecular formula is C21H22N2O3. The Balaban J connectivity index is 1.66. The average Bonchev–Trinajstić information content (AvgIpc) is 3.33.